The predicted octanol–water partition coefficient (Wildman–Crippen LogP) is 7.18. The lowest BCUT2D eigenvalue weighted by atomic mass is 9.44. The number of phenols is 1. The van der Waals surface area contributed by atoms with Gasteiger partial charge in [0, 0.05) is 27.4 Å². The molecule has 1 heterocycles. The van der Waals surface area contributed by atoms with E-state index < -0.39 is 35.0 Å². The summed E-state index contributed by atoms with van der Waals surface area (Å²) < 4.78 is 0.707. The molecule has 3 aliphatic carbocycles. The maximum Gasteiger partial charge on any atom is 0.238 e. The van der Waals surface area contributed by atoms with Crippen molar-refractivity contribution in [2.45, 2.75) is 24.2 Å². The third-order valence-corrected chi connectivity index (χ3v) is 11.2. The second-order valence-corrected chi connectivity index (χ2v) is 13.8. The number of halogens is 1. The summed E-state index contributed by atoms with van der Waals surface area (Å²) in [6.07, 6.45) is 4.02. The number of fused-ring (bicyclic) bond motifs is 4. The van der Waals surface area contributed by atoms with Gasteiger partial charge in [0.25, 0.3) is 0 Å². The van der Waals surface area contributed by atoms with Crippen molar-refractivity contribution in [1.82, 2.24) is 0 Å². The highest BCUT2D eigenvalue weighted by molar-refractivity contribution is 9.10. The fourth-order valence-corrected chi connectivity index (χ4v) is 9.19. The Kier molecular flexibility index (Phi) is 6.99. The number of aromatic hydroxyl groups is 1. The van der Waals surface area contributed by atoms with E-state index in [1.165, 1.54) is 11.0 Å². The van der Waals surface area contributed by atoms with E-state index in [0.717, 1.165) is 5.57 Å². The molecule has 0 bridgehead atoms. The summed E-state index contributed by atoms with van der Waals surface area (Å²) in [5.74, 6) is -4.39. The van der Waals surface area contributed by atoms with E-state index in [9.17, 15) is 19.5 Å². The van der Waals surface area contributed by atoms with Crippen molar-refractivity contribution in [3.8, 4) is 5.75 Å². The molecule has 4 aliphatic rings. The number of carbonyl (C=O) groups excluding carboxylic acids is 4. The first-order valence-electron chi connectivity index (χ1n) is 15.8. The maximum absolute atomic E-state index is 15.0. The predicted molar refractivity (Wildman–Crippen MR) is 181 cm³/mol. The molecule has 47 heavy (non-hydrogen) atoms. The van der Waals surface area contributed by atoms with E-state index in [0.29, 0.717) is 38.8 Å². The lowest BCUT2D eigenvalue weighted by Gasteiger charge is -2.55. The van der Waals surface area contributed by atoms with E-state index in [4.69, 9.17) is 0 Å². The zero-order valence-electron chi connectivity index (χ0n) is 25.3. The highest BCUT2D eigenvalue weighted by Crippen LogP contribution is 2.64. The van der Waals surface area contributed by atoms with Gasteiger partial charge in [0.15, 0.2) is 11.6 Å². The van der Waals surface area contributed by atoms with Crippen molar-refractivity contribution >= 4 is 50.6 Å². The lowest BCUT2D eigenvalue weighted by molar-refractivity contribution is -0.135. The van der Waals surface area contributed by atoms with Crippen LogP contribution in [0.25, 0.3) is 5.57 Å². The van der Waals surface area contributed by atoms with Crippen molar-refractivity contribution in [1.29, 1.82) is 0 Å². The van der Waals surface area contributed by atoms with Crippen LogP contribution in [0.3, 0.4) is 0 Å². The molecule has 232 valence electrons. The summed E-state index contributed by atoms with van der Waals surface area (Å²) in [4.78, 5) is 59.5. The fraction of sp³-hybridized carbons (Fsp3) is 0.200. The number of nitrogens with zero attached hydrogens (tertiary/aromatic N) is 1. The number of carbonyl (C=O) groups is 4. The van der Waals surface area contributed by atoms with Crippen molar-refractivity contribution in [2.24, 2.45) is 23.7 Å². The minimum absolute atomic E-state index is 0.00579. The Bertz CT molecular complexity index is 2020. The smallest absolute Gasteiger partial charge is 0.238 e. The molecule has 1 saturated carbocycles. The highest BCUT2D eigenvalue weighted by Gasteiger charge is 2.66. The van der Waals surface area contributed by atoms with Gasteiger partial charge in [-0.25, -0.2) is 0 Å². The summed E-state index contributed by atoms with van der Waals surface area (Å²) in [5.41, 5.74) is 2.10. The molecule has 6 atom stereocenters. The number of imide groups is 1. The van der Waals surface area contributed by atoms with Crippen LogP contribution in [0.2, 0.25) is 0 Å². The van der Waals surface area contributed by atoms with Crippen molar-refractivity contribution in [2.75, 3.05) is 4.90 Å². The topological polar surface area (TPSA) is 91.8 Å². The number of amides is 2. The summed E-state index contributed by atoms with van der Waals surface area (Å²) in [6, 6.07) is 32.6. The Morgan fingerprint density at radius 3 is 2.13 bits per heavy atom. The first-order valence-corrected chi connectivity index (χ1v) is 16.6. The number of benzene rings is 4. The lowest BCUT2D eigenvalue weighted by Crippen LogP contribution is -2.58. The molecule has 1 saturated heterocycles. The number of hydrogen-bond acceptors (Lipinski definition) is 5. The second kappa shape index (κ2) is 11.1. The molecular formula is C40H30BrNO5. The largest absolute Gasteiger partial charge is 0.508 e. The van der Waals surface area contributed by atoms with Crippen LogP contribution in [-0.2, 0) is 24.6 Å². The molecule has 1 aliphatic heterocycles. The van der Waals surface area contributed by atoms with E-state index in [-0.39, 0.29) is 35.6 Å². The number of anilines is 1. The Labute approximate surface area is 280 Å². The molecule has 8 rings (SSSR count). The number of allylic oxidation sites excluding steroid dienone is 4. The first kappa shape index (κ1) is 29.5. The van der Waals surface area contributed by atoms with Crippen LogP contribution in [0, 0.1) is 23.7 Å². The van der Waals surface area contributed by atoms with Gasteiger partial charge < -0.3 is 5.11 Å². The van der Waals surface area contributed by atoms with Crippen molar-refractivity contribution in [3.63, 3.8) is 0 Å². The van der Waals surface area contributed by atoms with Crippen LogP contribution in [0.4, 0.5) is 5.69 Å². The molecular weight excluding hydrogens is 654 g/mol. The molecule has 0 radical (unpaired) electrons. The number of Topliss-reactive ketones (excluding diaryl/α,β-unsaturated/α-hetero) is 1. The fourth-order valence-electron chi connectivity index (χ4n) is 8.81. The standard InChI is InChI=1S/C40H30BrNO5/c41-25-16-19-33(43)31(20-25)36-27-17-18-28-35(39(47)42(38(28)46)26-14-8-3-9-15-26)30(27)21-32-37(45)29(23-10-4-1-5-11-23)22-34(44)40(32,36)24-12-6-2-7-13-24/h1-17,19-20,22,28,30,32,35-36,43H,18,21H2/t28-,30+,32-,35-,36+,40-/m0/s1. The summed E-state index contributed by atoms with van der Waals surface area (Å²) >= 11 is 3.58. The van der Waals surface area contributed by atoms with Crippen LogP contribution in [0.1, 0.15) is 35.4 Å². The molecule has 4 aromatic rings. The normalized spacial score (nSPS) is 28.3. The maximum atomic E-state index is 15.0. The number of rotatable bonds is 4. The van der Waals surface area contributed by atoms with Gasteiger partial charge in [-0.1, -0.05) is 106 Å². The Morgan fingerprint density at radius 1 is 0.766 bits per heavy atom. The monoisotopic (exact) mass is 683 g/mol. The zero-order valence-corrected chi connectivity index (χ0v) is 26.8. The van der Waals surface area contributed by atoms with Crippen LogP contribution in [-0.4, -0.2) is 28.5 Å². The van der Waals surface area contributed by atoms with Gasteiger partial charge in [-0.2, -0.15) is 0 Å². The Morgan fingerprint density at radius 2 is 1.43 bits per heavy atom. The molecule has 2 amide bonds. The molecule has 6 nitrogen and oxygen atoms in total. The van der Waals surface area contributed by atoms with E-state index in [1.54, 1.807) is 36.4 Å². The van der Waals surface area contributed by atoms with E-state index in [2.05, 4.69) is 15.9 Å². The third-order valence-electron chi connectivity index (χ3n) is 10.7. The summed E-state index contributed by atoms with van der Waals surface area (Å²) in [6.45, 7) is 0. The van der Waals surface area contributed by atoms with Gasteiger partial charge in [-0.05, 0) is 66.3 Å². The van der Waals surface area contributed by atoms with Crippen LogP contribution in [0.15, 0.2) is 131 Å². The molecule has 2 fully saturated rings. The molecule has 1 N–H and O–H groups in total. The Hall–Kier alpha value is -4.88. The number of para-hydroxylation sites is 1. The summed E-state index contributed by atoms with van der Waals surface area (Å²) in [7, 11) is 0. The van der Waals surface area contributed by atoms with Gasteiger partial charge in [0.1, 0.15) is 5.75 Å². The van der Waals surface area contributed by atoms with Gasteiger partial charge in [-0.15, -0.1) is 0 Å². The number of ketones is 2. The number of phenolic OH excluding ortho intramolecular Hbond substituents is 1. The summed E-state index contributed by atoms with van der Waals surface area (Å²) in [5, 5.41) is 11.5. The quantitative estimate of drug-likeness (QED) is 0.182. The second-order valence-electron chi connectivity index (χ2n) is 12.8. The van der Waals surface area contributed by atoms with Gasteiger partial charge in [0.05, 0.1) is 22.9 Å². The first-order chi connectivity index (χ1) is 22.8. The van der Waals surface area contributed by atoms with E-state index >= 15 is 4.79 Å². The molecule has 7 heteroatoms. The van der Waals surface area contributed by atoms with Crippen molar-refractivity contribution in [3.05, 3.63) is 148 Å². The van der Waals surface area contributed by atoms with Crippen molar-refractivity contribution < 1.29 is 24.3 Å². The molecule has 4 aromatic carbocycles. The highest BCUT2D eigenvalue weighted by atomic mass is 79.9. The van der Waals surface area contributed by atoms with Gasteiger partial charge in [-0.3, -0.25) is 24.1 Å². The van der Waals surface area contributed by atoms with Gasteiger partial charge in [0.2, 0.25) is 11.8 Å². The molecule has 0 unspecified atom stereocenters. The van der Waals surface area contributed by atoms with Crippen LogP contribution >= 0.6 is 15.9 Å². The average Bonchev–Trinajstić information content (AvgIpc) is 3.36. The van der Waals surface area contributed by atoms with E-state index in [1.807, 2.05) is 78.9 Å². The van der Waals surface area contributed by atoms with Crippen LogP contribution < -0.4 is 4.90 Å². The third kappa shape index (κ3) is 4.29. The number of hydrogen-bond donors (Lipinski definition) is 1. The Balaban J connectivity index is 1.38. The van der Waals surface area contributed by atoms with Gasteiger partial charge >= 0.3 is 0 Å². The van der Waals surface area contributed by atoms with Crippen LogP contribution in [0.5, 0.6) is 5.75 Å². The SMILES string of the molecule is O=C1C(c2ccccc2)=CC(=O)[C@@]2(c3ccccc3)[C@@H](c3cc(Br)ccc3O)C3=CC[C@@H]4C(=O)N(c5ccccc5)C(=O)[C@@H]4[C@@H]3C[C@@H]12. The molecule has 0 spiro atoms. The minimum Gasteiger partial charge on any atom is -0.508 e. The zero-order chi connectivity index (χ0) is 32.4. The minimum atomic E-state index is -1.39. The average molecular weight is 685 g/mol. The molecule has 0 aromatic heterocycles.